The first kappa shape index (κ1) is 17.0. The molecule has 2 heterocycles. The third-order valence-corrected chi connectivity index (χ3v) is 3.64. The van der Waals surface area contributed by atoms with E-state index in [-0.39, 0.29) is 12.6 Å². The van der Waals surface area contributed by atoms with Gasteiger partial charge in [-0.2, -0.15) is 0 Å². The number of carbonyl (C=O) groups excluding carboxylic acids is 1. The minimum Gasteiger partial charge on any atom is -0.466 e. The predicted molar refractivity (Wildman–Crippen MR) is 87.1 cm³/mol. The van der Waals surface area contributed by atoms with Crippen molar-refractivity contribution in [1.82, 2.24) is 15.6 Å². The number of hydrogen-bond acceptors (Lipinski definition) is 4. The molecule has 0 aromatic carbocycles. The van der Waals surface area contributed by atoms with Gasteiger partial charge in [-0.25, -0.2) is 4.79 Å². The fraction of sp³-hybridized carbons (Fsp3) is 0.412. The van der Waals surface area contributed by atoms with Crippen LogP contribution in [0.3, 0.4) is 0 Å². The molecule has 0 bridgehead atoms. The minimum atomic E-state index is -1.18. The van der Waals surface area contributed by atoms with Gasteiger partial charge >= 0.3 is 6.03 Å². The van der Waals surface area contributed by atoms with E-state index in [9.17, 15) is 9.90 Å². The average Bonchev–Trinajstić information content (AvgIpc) is 2.86. The van der Waals surface area contributed by atoms with E-state index in [0.717, 1.165) is 11.3 Å². The first-order chi connectivity index (χ1) is 10.9. The van der Waals surface area contributed by atoms with Crippen LogP contribution in [-0.2, 0) is 12.0 Å². The molecule has 2 aromatic rings. The zero-order valence-corrected chi connectivity index (χ0v) is 13.7. The number of aryl methyl sites for hydroxylation is 2. The normalized spacial score (nSPS) is 13.4. The summed E-state index contributed by atoms with van der Waals surface area (Å²) in [5, 5.41) is 16.0. The van der Waals surface area contributed by atoms with E-state index in [0.29, 0.717) is 24.3 Å². The topological polar surface area (TPSA) is 87.4 Å². The highest BCUT2D eigenvalue weighted by molar-refractivity contribution is 5.73. The van der Waals surface area contributed by atoms with Crippen LogP contribution >= 0.6 is 0 Å². The number of nitrogens with zero attached hydrogens (tertiary/aromatic N) is 1. The lowest BCUT2D eigenvalue weighted by molar-refractivity contribution is 0.0579. The van der Waals surface area contributed by atoms with Gasteiger partial charge in [0.05, 0.1) is 6.54 Å². The summed E-state index contributed by atoms with van der Waals surface area (Å²) in [6.07, 6.45) is 4.19. The highest BCUT2D eigenvalue weighted by Gasteiger charge is 2.28. The van der Waals surface area contributed by atoms with E-state index in [1.165, 1.54) is 0 Å². The van der Waals surface area contributed by atoms with E-state index in [4.69, 9.17) is 4.42 Å². The smallest absolute Gasteiger partial charge is 0.314 e. The van der Waals surface area contributed by atoms with Crippen molar-refractivity contribution in [3.8, 4) is 0 Å². The number of pyridine rings is 1. The van der Waals surface area contributed by atoms with E-state index in [1.54, 1.807) is 32.3 Å². The fourth-order valence-electron chi connectivity index (χ4n) is 2.44. The number of furan rings is 1. The molecule has 124 valence electrons. The van der Waals surface area contributed by atoms with Crippen LogP contribution in [0.15, 0.2) is 35.0 Å². The summed E-state index contributed by atoms with van der Waals surface area (Å²) in [5.74, 6) is 1.39. The summed E-state index contributed by atoms with van der Waals surface area (Å²) >= 11 is 0. The summed E-state index contributed by atoms with van der Waals surface area (Å²) in [5.41, 5.74) is 0.567. The number of nitrogens with one attached hydrogen (secondary N) is 2. The van der Waals surface area contributed by atoms with E-state index < -0.39 is 5.60 Å². The van der Waals surface area contributed by atoms with Gasteiger partial charge in [-0.05, 0) is 44.9 Å². The first-order valence-electron chi connectivity index (χ1n) is 7.59. The second-order valence-electron chi connectivity index (χ2n) is 5.82. The second kappa shape index (κ2) is 7.28. The molecule has 1 atom stereocenters. The van der Waals surface area contributed by atoms with Crippen LogP contribution in [0.1, 0.15) is 29.6 Å². The van der Waals surface area contributed by atoms with E-state index >= 15 is 0 Å². The number of amides is 2. The third kappa shape index (κ3) is 4.82. The summed E-state index contributed by atoms with van der Waals surface area (Å²) in [6.45, 7) is 5.88. The highest BCUT2D eigenvalue weighted by atomic mass is 16.3. The van der Waals surface area contributed by atoms with Gasteiger partial charge in [-0.1, -0.05) is 6.07 Å². The van der Waals surface area contributed by atoms with Crippen LogP contribution in [0.25, 0.3) is 0 Å². The van der Waals surface area contributed by atoms with Gasteiger partial charge < -0.3 is 20.2 Å². The van der Waals surface area contributed by atoms with Crippen LogP contribution in [-0.4, -0.2) is 29.2 Å². The Hall–Kier alpha value is -2.34. The summed E-state index contributed by atoms with van der Waals surface area (Å²) in [6, 6.07) is 5.30. The maximum atomic E-state index is 11.8. The molecule has 0 spiro atoms. The Kier molecular flexibility index (Phi) is 5.39. The van der Waals surface area contributed by atoms with Crippen molar-refractivity contribution in [2.75, 3.05) is 13.1 Å². The van der Waals surface area contributed by atoms with Crippen LogP contribution in [0.4, 0.5) is 4.79 Å². The second-order valence-corrected chi connectivity index (χ2v) is 5.82. The fourth-order valence-corrected chi connectivity index (χ4v) is 2.44. The molecule has 0 saturated heterocycles. The monoisotopic (exact) mass is 317 g/mol. The summed E-state index contributed by atoms with van der Waals surface area (Å²) in [7, 11) is 0. The Balaban J connectivity index is 1.78. The minimum absolute atomic E-state index is 0.103. The van der Waals surface area contributed by atoms with Crippen molar-refractivity contribution >= 4 is 6.03 Å². The molecule has 6 heteroatoms. The molecule has 2 aromatic heterocycles. The Bertz CT molecular complexity index is 650. The molecule has 0 aliphatic rings. The summed E-state index contributed by atoms with van der Waals surface area (Å²) < 4.78 is 5.43. The van der Waals surface area contributed by atoms with Gasteiger partial charge in [0.1, 0.15) is 17.1 Å². The molecule has 2 amide bonds. The van der Waals surface area contributed by atoms with Gasteiger partial charge in [-0.3, -0.25) is 4.98 Å². The van der Waals surface area contributed by atoms with Crippen molar-refractivity contribution < 1.29 is 14.3 Å². The molecule has 3 N–H and O–H groups in total. The Morgan fingerprint density at radius 2 is 2.17 bits per heavy atom. The van der Waals surface area contributed by atoms with Crippen molar-refractivity contribution in [3.05, 3.63) is 53.2 Å². The van der Waals surface area contributed by atoms with Crippen LogP contribution in [0.2, 0.25) is 0 Å². The largest absolute Gasteiger partial charge is 0.466 e. The number of hydrogen-bond donors (Lipinski definition) is 3. The quantitative estimate of drug-likeness (QED) is 0.761. The van der Waals surface area contributed by atoms with Gasteiger partial charge in [0.15, 0.2) is 0 Å². The maximum absolute atomic E-state index is 11.8. The number of urea groups is 1. The van der Waals surface area contributed by atoms with Crippen molar-refractivity contribution in [2.24, 2.45) is 0 Å². The third-order valence-electron chi connectivity index (χ3n) is 3.64. The standard InChI is InChI=1S/C17H23N3O3/c1-12-9-15(13(2)23-12)17(3,22)11-20-16(21)19-8-6-14-5-4-7-18-10-14/h4-5,7,9-10,22H,6,8,11H2,1-3H3,(H2,19,20,21). The first-order valence-corrected chi connectivity index (χ1v) is 7.59. The van der Waals surface area contributed by atoms with Crippen molar-refractivity contribution in [1.29, 1.82) is 0 Å². The number of rotatable bonds is 6. The van der Waals surface area contributed by atoms with Gasteiger partial charge in [0.2, 0.25) is 0 Å². The van der Waals surface area contributed by atoms with Crippen LogP contribution in [0.5, 0.6) is 0 Å². The lowest BCUT2D eigenvalue weighted by Crippen LogP contribution is -2.44. The van der Waals surface area contributed by atoms with E-state index in [2.05, 4.69) is 15.6 Å². The Labute approximate surface area is 135 Å². The number of aromatic nitrogens is 1. The van der Waals surface area contributed by atoms with Gasteiger partial charge in [-0.15, -0.1) is 0 Å². The zero-order valence-electron chi connectivity index (χ0n) is 13.7. The average molecular weight is 317 g/mol. The van der Waals surface area contributed by atoms with Crippen molar-refractivity contribution in [3.63, 3.8) is 0 Å². The van der Waals surface area contributed by atoms with Crippen molar-refractivity contribution in [2.45, 2.75) is 32.8 Å². The Morgan fingerprint density at radius 3 is 2.78 bits per heavy atom. The van der Waals surface area contributed by atoms with Crippen LogP contribution in [0, 0.1) is 13.8 Å². The van der Waals surface area contributed by atoms with Gasteiger partial charge in [0.25, 0.3) is 0 Å². The molecule has 0 saturated carbocycles. The SMILES string of the molecule is Cc1cc(C(C)(O)CNC(=O)NCCc2cccnc2)c(C)o1. The summed E-state index contributed by atoms with van der Waals surface area (Å²) in [4.78, 5) is 15.9. The zero-order chi connectivity index (χ0) is 16.9. The molecule has 6 nitrogen and oxygen atoms in total. The lowest BCUT2D eigenvalue weighted by Gasteiger charge is -2.23. The molecule has 0 aliphatic heterocycles. The maximum Gasteiger partial charge on any atom is 0.314 e. The molecular formula is C17H23N3O3. The molecular weight excluding hydrogens is 294 g/mol. The van der Waals surface area contributed by atoms with E-state index in [1.807, 2.05) is 19.1 Å². The molecule has 23 heavy (non-hydrogen) atoms. The highest BCUT2D eigenvalue weighted by Crippen LogP contribution is 2.26. The Morgan fingerprint density at radius 1 is 1.39 bits per heavy atom. The molecule has 2 rings (SSSR count). The molecule has 0 fully saturated rings. The molecule has 0 aliphatic carbocycles. The molecule has 0 radical (unpaired) electrons. The number of aliphatic hydroxyl groups is 1. The van der Waals surface area contributed by atoms with Gasteiger partial charge in [0, 0.05) is 24.5 Å². The predicted octanol–water partition coefficient (Wildman–Crippen LogP) is 2.04. The van der Waals surface area contributed by atoms with Crippen LogP contribution < -0.4 is 10.6 Å². The lowest BCUT2D eigenvalue weighted by atomic mass is 9.96. The number of carbonyl (C=O) groups is 1. The molecule has 1 unspecified atom stereocenters.